The van der Waals surface area contributed by atoms with Crippen molar-refractivity contribution in [1.82, 2.24) is 0 Å². The van der Waals surface area contributed by atoms with Crippen molar-refractivity contribution in [3.63, 3.8) is 0 Å². The first-order chi connectivity index (χ1) is 8.04. The fourth-order valence-corrected chi connectivity index (χ4v) is 1.04. The zero-order valence-corrected chi connectivity index (χ0v) is 6.48. The zero-order chi connectivity index (χ0) is 12.6. The lowest BCUT2D eigenvalue weighted by Gasteiger charge is -2.10. The summed E-state index contributed by atoms with van der Waals surface area (Å²) in [7, 11) is 0. The van der Waals surface area contributed by atoms with Crippen LogP contribution in [-0.2, 0) is 4.84 Å². The van der Waals surface area contributed by atoms with Crippen LogP contribution in [0.4, 0.5) is 0 Å². The molecule has 0 aliphatic carbocycles. The average Bonchev–Trinajstić information content (AvgIpc) is 2.36. The molecule has 2 nitrogen and oxygen atoms in total. The van der Waals surface area contributed by atoms with Crippen LogP contribution in [0.1, 0.15) is 25.3 Å². The van der Waals surface area contributed by atoms with Crippen LogP contribution in [0.2, 0.25) is 0 Å². The van der Waals surface area contributed by atoms with Crippen molar-refractivity contribution in [2.24, 2.45) is 5.16 Å². The van der Waals surface area contributed by atoms with Gasteiger partial charge in [0.15, 0.2) is 0 Å². The van der Waals surface area contributed by atoms with E-state index in [-0.39, 0.29) is 35.8 Å². The van der Waals surface area contributed by atoms with Gasteiger partial charge in [-0.2, -0.15) is 0 Å². The van der Waals surface area contributed by atoms with Crippen molar-refractivity contribution in [2.45, 2.75) is 12.8 Å². The maximum absolute atomic E-state index is 7.76. The Morgan fingerprint density at radius 3 is 2.83 bits per heavy atom. The molecular weight excluding hydrogens is 150 g/mol. The van der Waals surface area contributed by atoms with Gasteiger partial charge in [0.05, 0.1) is 12.6 Å². The highest BCUT2D eigenvalue weighted by molar-refractivity contribution is 6.00. The first-order valence-electron chi connectivity index (χ1n) is 6.30. The fraction of sp³-hybridized carbons (Fsp3) is 0.300. The van der Waals surface area contributed by atoms with Crippen LogP contribution in [-0.4, -0.2) is 12.3 Å². The summed E-state index contributed by atoms with van der Waals surface area (Å²) in [6, 6.07) is -1.51. The smallest absolute Gasteiger partial charge is 0.117 e. The lowest BCUT2D eigenvalue weighted by atomic mass is 10.1. The molecule has 1 aromatic rings. The Hall–Kier alpha value is -1.31. The highest BCUT2D eigenvalue weighted by Crippen LogP contribution is 2.10. The van der Waals surface area contributed by atoms with Gasteiger partial charge in [-0.05, 0) is 18.4 Å². The minimum absolute atomic E-state index is 0.149. The van der Waals surface area contributed by atoms with E-state index in [4.69, 9.17) is 11.7 Å². The molecular formula is C10H11NO. The molecule has 1 aromatic carbocycles. The van der Waals surface area contributed by atoms with Crippen LogP contribution >= 0.6 is 0 Å². The lowest BCUT2D eigenvalue weighted by Crippen LogP contribution is -2.08. The molecule has 0 N–H and O–H groups in total. The Kier molecular flexibility index (Phi) is 1.02. The highest BCUT2D eigenvalue weighted by atomic mass is 16.6. The monoisotopic (exact) mass is 166 g/mol. The van der Waals surface area contributed by atoms with E-state index in [1.165, 1.54) is 0 Å². The Morgan fingerprint density at radius 2 is 2.17 bits per heavy atom. The van der Waals surface area contributed by atoms with E-state index in [0.29, 0.717) is 18.7 Å². The van der Waals surface area contributed by atoms with Crippen molar-refractivity contribution in [3.8, 4) is 0 Å². The number of hydrogen-bond donors (Lipinski definition) is 0. The highest BCUT2D eigenvalue weighted by Gasteiger charge is 2.07. The number of rotatable bonds is 1. The molecule has 0 saturated heterocycles. The Morgan fingerprint density at radius 1 is 1.33 bits per heavy atom. The van der Waals surface area contributed by atoms with Gasteiger partial charge in [-0.25, -0.2) is 0 Å². The predicted octanol–water partition coefficient (Wildman–Crippen LogP) is 2.20. The largest absolute Gasteiger partial charge is 0.396 e. The van der Waals surface area contributed by atoms with Gasteiger partial charge in [-0.3, -0.25) is 0 Å². The Balaban J connectivity index is 2.65. The molecule has 0 aromatic heterocycles. The lowest BCUT2D eigenvalue weighted by molar-refractivity contribution is 0.132. The van der Waals surface area contributed by atoms with E-state index < -0.39 is 0 Å². The molecule has 0 unspecified atom stereocenters. The summed E-state index contributed by atoms with van der Waals surface area (Å²) in [6.45, 7) is 0.502. The van der Waals surface area contributed by atoms with Crippen LogP contribution in [0.15, 0.2) is 35.4 Å². The molecule has 1 aliphatic heterocycles. The van der Waals surface area contributed by atoms with Gasteiger partial charge in [0.25, 0.3) is 0 Å². The summed E-state index contributed by atoms with van der Waals surface area (Å²) >= 11 is 0. The van der Waals surface area contributed by atoms with Gasteiger partial charge < -0.3 is 4.84 Å². The van der Waals surface area contributed by atoms with Gasteiger partial charge in [-0.1, -0.05) is 35.4 Å². The van der Waals surface area contributed by atoms with Crippen molar-refractivity contribution < 1.29 is 11.7 Å². The van der Waals surface area contributed by atoms with E-state index in [1.54, 1.807) is 0 Å². The number of benzene rings is 1. The molecule has 1 heterocycles. The van der Waals surface area contributed by atoms with Gasteiger partial charge >= 0.3 is 0 Å². The maximum atomic E-state index is 7.76. The molecule has 0 radical (unpaired) electrons. The van der Waals surface area contributed by atoms with Crippen LogP contribution < -0.4 is 0 Å². The molecule has 1 aliphatic rings. The molecule has 0 saturated carbocycles. The van der Waals surface area contributed by atoms with Crippen LogP contribution in [0, 0.1) is 0 Å². The van der Waals surface area contributed by atoms with Gasteiger partial charge in [0, 0.05) is 0 Å². The van der Waals surface area contributed by atoms with Crippen molar-refractivity contribution in [2.75, 3.05) is 6.61 Å². The van der Waals surface area contributed by atoms with Gasteiger partial charge in [0.2, 0.25) is 0 Å². The summed E-state index contributed by atoms with van der Waals surface area (Å²) in [5, 5.41) is 3.78. The molecule has 62 valence electrons. The normalized spacial score (nSPS) is 22.3. The number of hydrogen-bond acceptors (Lipinski definition) is 2. The molecule has 0 fully saturated rings. The number of nitrogens with zero attached hydrogens (tertiary/aromatic N) is 1. The van der Waals surface area contributed by atoms with Crippen molar-refractivity contribution in [3.05, 3.63) is 35.8 Å². The third-order valence-corrected chi connectivity index (χ3v) is 1.61. The third-order valence-electron chi connectivity index (χ3n) is 1.61. The molecule has 2 rings (SSSR count). The molecule has 0 bridgehead atoms. The van der Waals surface area contributed by atoms with E-state index in [2.05, 4.69) is 5.16 Å². The molecule has 0 atom stereocenters. The topological polar surface area (TPSA) is 21.6 Å². The summed E-state index contributed by atoms with van der Waals surface area (Å²) < 4.78 is 38.1. The summed E-state index contributed by atoms with van der Waals surface area (Å²) in [5.41, 5.74) is 0.573. The average molecular weight is 166 g/mol. The SMILES string of the molecule is [2H]c1c([2H])c([2H])c(C2=NOCCC2)c([2H])c1[2H]. The van der Waals surface area contributed by atoms with Crippen LogP contribution in [0.25, 0.3) is 0 Å². The van der Waals surface area contributed by atoms with E-state index in [0.717, 1.165) is 6.42 Å². The van der Waals surface area contributed by atoms with E-state index >= 15 is 0 Å². The minimum atomic E-state index is -0.388. The summed E-state index contributed by atoms with van der Waals surface area (Å²) in [6.07, 6.45) is 1.30. The third kappa shape index (κ3) is 1.47. The molecule has 0 spiro atoms. The van der Waals surface area contributed by atoms with Gasteiger partial charge in [0.1, 0.15) is 6.61 Å². The number of oxime groups is 1. The van der Waals surface area contributed by atoms with Gasteiger partial charge in [-0.15, -0.1) is 0 Å². The van der Waals surface area contributed by atoms with E-state index in [1.807, 2.05) is 0 Å². The first kappa shape index (κ1) is 3.60. The summed E-state index contributed by atoms with van der Waals surface area (Å²) in [4.78, 5) is 4.91. The second-order valence-electron chi connectivity index (χ2n) is 2.47. The quantitative estimate of drug-likeness (QED) is 0.626. The zero-order valence-electron chi connectivity index (χ0n) is 11.5. The second-order valence-corrected chi connectivity index (χ2v) is 2.47. The van der Waals surface area contributed by atoms with Crippen LogP contribution in [0.5, 0.6) is 0 Å². The Bertz CT molecular complexity index is 471. The minimum Gasteiger partial charge on any atom is -0.396 e. The Labute approximate surface area is 78.9 Å². The molecule has 12 heavy (non-hydrogen) atoms. The van der Waals surface area contributed by atoms with Crippen molar-refractivity contribution in [1.29, 1.82) is 0 Å². The fourth-order valence-electron chi connectivity index (χ4n) is 1.04. The summed E-state index contributed by atoms with van der Waals surface area (Å²) in [5.74, 6) is 0. The molecule has 2 heteroatoms. The first-order valence-corrected chi connectivity index (χ1v) is 3.80. The van der Waals surface area contributed by atoms with Crippen molar-refractivity contribution >= 4 is 5.71 Å². The predicted molar refractivity (Wildman–Crippen MR) is 48.2 cm³/mol. The standard InChI is InChI=1S/C10H11NO/c1-2-5-9(6-3-1)10-7-4-8-12-11-10/h1-3,5-6H,4,7-8H2/i1D,2D,3D,5D,6D. The molecule has 0 amide bonds. The second kappa shape index (κ2) is 3.39. The van der Waals surface area contributed by atoms with E-state index in [9.17, 15) is 0 Å². The maximum Gasteiger partial charge on any atom is 0.117 e. The van der Waals surface area contributed by atoms with Crippen LogP contribution in [0.3, 0.4) is 0 Å².